The third kappa shape index (κ3) is 4.39. The van der Waals surface area contributed by atoms with Gasteiger partial charge in [0.1, 0.15) is 11.9 Å². The number of aromatic nitrogens is 2. The Balaban J connectivity index is 1.66. The fourth-order valence-electron chi connectivity index (χ4n) is 4.15. The zero-order valence-corrected chi connectivity index (χ0v) is 18.5. The molecule has 1 saturated heterocycles. The molecule has 0 radical (unpaired) electrons. The number of aliphatic hydroxyl groups is 1. The number of benzene rings is 2. The Morgan fingerprint density at radius 3 is 2.52 bits per heavy atom. The molecule has 162 valence electrons. The van der Waals surface area contributed by atoms with Crippen LogP contribution in [-0.4, -0.2) is 58.2 Å². The maximum absolute atomic E-state index is 12.5. The Bertz CT molecular complexity index is 1090. The third-order valence-corrected chi connectivity index (χ3v) is 5.96. The molecule has 6 heteroatoms. The second kappa shape index (κ2) is 9.02. The van der Waals surface area contributed by atoms with E-state index in [0.29, 0.717) is 32.6 Å². The summed E-state index contributed by atoms with van der Waals surface area (Å²) in [7, 11) is 0. The number of hydrogen-bond acceptors (Lipinski definition) is 5. The number of aryl methyl sites for hydroxylation is 2. The first-order valence-electron chi connectivity index (χ1n) is 11.0. The van der Waals surface area contributed by atoms with Crippen LogP contribution in [0.2, 0.25) is 0 Å². The lowest BCUT2D eigenvalue weighted by molar-refractivity contribution is -0.140. The highest BCUT2D eigenvalue weighted by atomic mass is 16.3. The van der Waals surface area contributed by atoms with Gasteiger partial charge in [-0.2, -0.15) is 0 Å². The molecule has 31 heavy (non-hydrogen) atoms. The molecule has 1 unspecified atom stereocenters. The SMILES string of the molecule is CCCC(O)C(=O)N1CCN(c2nc(-c3ccccc3C)nc3cc(C)ccc23)CC1. The van der Waals surface area contributed by atoms with Crippen LogP contribution in [0.15, 0.2) is 42.5 Å². The molecule has 1 aliphatic heterocycles. The first-order valence-corrected chi connectivity index (χ1v) is 11.0. The number of carbonyl (C=O) groups is 1. The van der Waals surface area contributed by atoms with Gasteiger partial charge in [-0.05, 0) is 43.5 Å². The molecule has 2 aromatic carbocycles. The molecule has 0 saturated carbocycles. The summed E-state index contributed by atoms with van der Waals surface area (Å²) in [5.41, 5.74) is 4.26. The van der Waals surface area contributed by atoms with Crippen LogP contribution in [0.3, 0.4) is 0 Å². The van der Waals surface area contributed by atoms with Gasteiger partial charge in [0, 0.05) is 37.1 Å². The zero-order valence-electron chi connectivity index (χ0n) is 18.5. The number of anilines is 1. The maximum atomic E-state index is 12.5. The summed E-state index contributed by atoms with van der Waals surface area (Å²) in [4.78, 5) is 26.3. The van der Waals surface area contributed by atoms with Crippen molar-refractivity contribution in [2.45, 2.75) is 39.7 Å². The summed E-state index contributed by atoms with van der Waals surface area (Å²) in [5.74, 6) is 1.47. The van der Waals surface area contributed by atoms with Crippen LogP contribution in [0.4, 0.5) is 5.82 Å². The first kappa shape index (κ1) is 21.2. The van der Waals surface area contributed by atoms with Crippen molar-refractivity contribution in [3.8, 4) is 11.4 Å². The van der Waals surface area contributed by atoms with Crippen molar-refractivity contribution in [1.29, 1.82) is 0 Å². The van der Waals surface area contributed by atoms with Gasteiger partial charge in [-0.15, -0.1) is 0 Å². The Morgan fingerprint density at radius 2 is 1.81 bits per heavy atom. The number of aliphatic hydroxyl groups excluding tert-OH is 1. The quantitative estimate of drug-likeness (QED) is 0.684. The van der Waals surface area contributed by atoms with Crippen molar-refractivity contribution in [1.82, 2.24) is 14.9 Å². The highest BCUT2D eigenvalue weighted by Crippen LogP contribution is 2.30. The summed E-state index contributed by atoms with van der Waals surface area (Å²) >= 11 is 0. The van der Waals surface area contributed by atoms with E-state index in [2.05, 4.69) is 49.1 Å². The van der Waals surface area contributed by atoms with Crippen molar-refractivity contribution in [3.05, 3.63) is 53.6 Å². The van der Waals surface area contributed by atoms with Crippen LogP contribution in [0.1, 0.15) is 30.9 Å². The van der Waals surface area contributed by atoms with Crippen LogP contribution in [0.25, 0.3) is 22.3 Å². The molecule has 1 fully saturated rings. The lowest BCUT2D eigenvalue weighted by Gasteiger charge is -2.36. The smallest absolute Gasteiger partial charge is 0.251 e. The van der Waals surface area contributed by atoms with E-state index < -0.39 is 6.10 Å². The minimum Gasteiger partial charge on any atom is -0.383 e. The van der Waals surface area contributed by atoms with Crippen LogP contribution in [-0.2, 0) is 4.79 Å². The lowest BCUT2D eigenvalue weighted by atomic mass is 10.1. The first-order chi connectivity index (χ1) is 15.0. The Morgan fingerprint density at radius 1 is 1.06 bits per heavy atom. The average Bonchev–Trinajstić information content (AvgIpc) is 2.78. The largest absolute Gasteiger partial charge is 0.383 e. The van der Waals surface area contributed by atoms with Crippen LogP contribution < -0.4 is 4.90 Å². The molecule has 1 aliphatic rings. The molecule has 0 spiro atoms. The average molecular weight is 419 g/mol. The highest BCUT2D eigenvalue weighted by Gasteiger charge is 2.27. The van der Waals surface area contributed by atoms with E-state index in [1.54, 1.807) is 4.90 Å². The van der Waals surface area contributed by atoms with E-state index in [4.69, 9.17) is 9.97 Å². The van der Waals surface area contributed by atoms with Crippen molar-refractivity contribution >= 4 is 22.6 Å². The topological polar surface area (TPSA) is 69.6 Å². The summed E-state index contributed by atoms with van der Waals surface area (Å²) in [6.45, 7) is 8.64. The molecule has 6 nitrogen and oxygen atoms in total. The van der Waals surface area contributed by atoms with Crippen molar-refractivity contribution in [2.75, 3.05) is 31.1 Å². The van der Waals surface area contributed by atoms with Crippen LogP contribution in [0, 0.1) is 13.8 Å². The van der Waals surface area contributed by atoms with Crippen LogP contribution in [0.5, 0.6) is 0 Å². The van der Waals surface area contributed by atoms with E-state index in [1.165, 1.54) is 0 Å². The van der Waals surface area contributed by atoms with Gasteiger partial charge in [0.15, 0.2) is 5.82 Å². The number of amides is 1. The Labute approximate surface area is 183 Å². The Kier molecular flexibility index (Phi) is 6.18. The highest BCUT2D eigenvalue weighted by molar-refractivity contribution is 5.92. The number of hydrogen-bond donors (Lipinski definition) is 1. The van der Waals surface area contributed by atoms with E-state index >= 15 is 0 Å². The fourth-order valence-corrected chi connectivity index (χ4v) is 4.15. The number of piperazine rings is 1. The molecule has 0 aliphatic carbocycles. The summed E-state index contributed by atoms with van der Waals surface area (Å²) in [6, 6.07) is 14.4. The molecule has 1 N–H and O–H groups in total. The number of carbonyl (C=O) groups excluding carboxylic acids is 1. The van der Waals surface area contributed by atoms with Gasteiger partial charge in [0.25, 0.3) is 5.91 Å². The Hall–Kier alpha value is -2.99. The van der Waals surface area contributed by atoms with Gasteiger partial charge in [-0.25, -0.2) is 9.97 Å². The van der Waals surface area contributed by atoms with Crippen molar-refractivity contribution in [3.63, 3.8) is 0 Å². The predicted octanol–water partition coefficient (Wildman–Crippen LogP) is 3.72. The van der Waals surface area contributed by atoms with E-state index in [-0.39, 0.29) is 5.91 Å². The van der Waals surface area contributed by atoms with Crippen molar-refractivity contribution < 1.29 is 9.90 Å². The van der Waals surface area contributed by atoms with Gasteiger partial charge in [0.2, 0.25) is 0 Å². The molecule has 3 aromatic rings. The minimum absolute atomic E-state index is 0.162. The summed E-state index contributed by atoms with van der Waals surface area (Å²) in [5, 5.41) is 11.1. The molecule has 1 aromatic heterocycles. The van der Waals surface area contributed by atoms with Gasteiger partial charge < -0.3 is 14.9 Å². The monoisotopic (exact) mass is 418 g/mol. The normalized spacial score (nSPS) is 15.4. The lowest BCUT2D eigenvalue weighted by Crippen LogP contribution is -2.51. The standard InChI is InChI=1S/C25H30N4O2/c1-4-7-22(30)25(31)29-14-12-28(13-15-29)24-20-11-10-17(2)16-21(20)26-23(27-24)19-9-6-5-8-18(19)3/h5-6,8-11,16,22,30H,4,7,12-15H2,1-3H3. The second-order valence-electron chi connectivity index (χ2n) is 8.32. The van der Waals surface area contributed by atoms with E-state index in [1.807, 2.05) is 19.1 Å². The van der Waals surface area contributed by atoms with Gasteiger partial charge in [-0.1, -0.05) is 43.7 Å². The van der Waals surface area contributed by atoms with Gasteiger partial charge in [-0.3, -0.25) is 4.79 Å². The van der Waals surface area contributed by atoms with Gasteiger partial charge >= 0.3 is 0 Å². The van der Waals surface area contributed by atoms with E-state index in [9.17, 15) is 9.90 Å². The van der Waals surface area contributed by atoms with Gasteiger partial charge in [0.05, 0.1) is 5.52 Å². The van der Waals surface area contributed by atoms with Crippen molar-refractivity contribution in [2.24, 2.45) is 0 Å². The second-order valence-corrected chi connectivity index (χ2v) is 8.32. The molecular weight excluding hydrogens is 388 g/mol. The minimum atomic E-state index is -0.896. The molecule has 1 atom stereocenters. The molecular formula is C25H30N4O2. The van der Waals surface area contributed by atoms with Crippen LogP contribution >= 0.6 is 0 Å². The molecule has 2 heterocycles. The maximum Gasteiger partial charge on any atom is 0.251 e. The number of rotatable bonds is 5. The molecule has 0 bridgehead atoms. The fraction of sp³-hybridized carbons (Fsp3) is 0.400. The number of fused-ring (bicyclic) bond motifs is 1. The zero-order chi connectivity index (χ0) is 22.0. The predicted molar refractivity (Wildman–Crippen MR) is 124 cm³/mol. The number of nitrogens with zero attached hydrogens (tertiary/aromatic N) is 4. The van der Waals surface area contributed by atoms with E-state index in [0.717, 1.165) is 45.7 Å². The molecule has 4 rings (SSSR count). The third-order valence-electron chi connectivity index (χ3n) is 5.96. The summed E-state index contributed by atoms with van der Waals surface area (Å²) in [6.07, 6.45) is 0.405. The molecule has 1 amide bonds. The summed E-state index contributed by atoms with van der Waals surface area (Å²) < 4.78 is 0.